The average molecular weight is 233 g/mol. The number of nitrogens with zero attached hydrogens (tertiary/aromatic N) is 2. The molecule has 0 amide bonds. The van der Waals surface area contributed by atoms with Gasteiger partial charge in [-0.25, -0.2) is 9.97 Å². The molecule has 0 aliphatic rings. The second kappa shape index (κ2) is 4.61. The minimum atomic E-state index is -0.897. The maximum atomic E-state index is 9.07. The monoisotopic (exact) mass is 232 g/mol. The van der Waals surface area contributed by atoms with Crippen LogP contribution in [0.3, 0.4) is 0 Å². The van der Waals surface area contributed by atoms with Crippen LogP contribution in [0.2, 0.25) is 5.15 Å². The van der Waals surface area contributed by atoms with E-state index in [1.807, 2.05) is 0 Å². The fourth-order valence-electron chi connectivity index (χ4n) is 0.889. The number of halogens is 1. The van der Waals surface area contributed by atoms with Gasteiger partial charge >= 0.3 is 0 Å². The summed E-state index contributed by atoms with van der Waals surface area (Å²) < 4.78 is 0. The maximum absolute atomic E-state index is 9.07. The predicted octanol–water partition coefficient (Wildman–Crippen LogP) is -0.133. The standard InChI is InChI=1S/C8H13ClN4O2/c1-8(2-14,3-15)13-7-5(10)6(9)11-4-12-7/h4,14-15H,2-3,10H2,1H3,(H,11,12,13). The van der Waals surface area contributed by atoms with E-state index in [0.717, 1.165) is 0 Å². The van der Waals surface area contributed by atoms with Crippen molar-refractivity contribution in [2.24, 2.45) is 0 Å². The van der Waals surface area contributed by atoms with E-state index in [2.05, 4.69) is 15.3 Å². The van der Waals surface area contributed by atoms with Gasteiger partial charge in [-0.2, -0.15) is 0 Å². The third-order valence-corrected chi connectivity index (χ3v) is 2.25. The van der Waals surface area contributed by atoms with Crippen molar-refractivity contribution in [3.63, 3.8) is 0 Å². The summed E-state index contributed by atoms with van der Waals surface area (Å²) in [7, 11) is 0. The first-order valence-electron chi connectivity index (χ1n) is 4.28. The van der Waals surface area contributed by atoms with Crippen LogP contribution in [-0.4, -0.2) is 38.9 Å². The molecule has 0 spiro atoms. The number of aliphatic hydroxyl groups is 2. The molecular formula is C8H13ClN4O2. The molecule has 0 saturated carbocycles. The third kappa shape index (κ3) is 2.68. The quantitative estimate of drug-likeness (QED) is 0.539. The van der Waals surface area contributed by atoms with Gasteiger partial charge in [0.05, 0.1) is 18.8 Å². The number of rotatable bonds is 4. The lowest BCUT2D eigenvalue weighted by Crippen LogP contribution is -2.43. The summed E-state index contributed by atoms with van der Waals surface area (Å²) in [4.78, 5) is 7.55. The molecule has 0 aromatic carbocycles. The largest absolute Gasteiger partial charge is 0.394 e. The Hall–Kier alpha value is -1.11. The Kier molecular flexibility index (Phi) is 3.67. The van der Waals surface area contributed by atoms with E-state index < -0.39 is 5.54 Å². The molecule has 84 valence electrons. The van der Waals surface area contributed by atoms with Crippen molar-refractivity contribution in [2.75, 3.05) is 24.3 Å². The second-order valence-electron chi connectivity index (χ2n) is 3.43. The van der Waals surface area contributed by atoms with E-state index in [4.69, 9.17) is 27.5 Å². The molecule has 0 aliphatic heterocycles. The molecule has 0 saturated heterocycles. The number of hydrogen-bond acceptors (Lipinski definition) is 6. The predicted molar refractivity (Wildman–Crippen MR) is 57.7 cm³/mol. The van der Waals surface area contributed by atoms with Gasteiger partial charge < -0.3 is 21.3 Å². The van der Waals surface area contributed by atoms with Crippen LogP contribution >= 0.6 is 11.6 Å². The molecule has 0 unspecified atom stereocenters. The van der Waals surface area contributed by atoms with E-state index >= 15 is 0 Å². The molecule has 15 heavy (non-hydrogen) atoms. The molecule has 5 N–H and O–H groups in total. The third-order valence-electron chi connectivity index (χ3n) is 1.95. The topological polar surface area (TPSA) is 104 Å². The summed E-state index contributed by atoms with van der Waals surface area (Å²) >= 11 is 5.69. The highest BCUT2D eigenvalue weighted by Gasteiger charge is 2.23. The van der Waals surface area contributed by atoms with Gasteiger partial charge in [0.15, 0.2) is 11.0 Å². The number of aliphatic hydroxyl groups excluding tert-OH is 2. The molecule has 1 heterocycles. The molecule has 1 rings (SSSR count). The highest BCUT2D eigenvalue weighted by atomic mass is 35.5. The van der Waals surface area contributed by atoms with E-state index in [9.17, 15) is 0 Å². The minimum Gasteiger partial charge on any atom is -0.394 e. The van der Waals surface area contributed by atoms with Crippen molar-refractivity contribution in [3.05, 3.63) is 11.5 Å². The fourth-order valence-corrected chi connectivity index (χ4v) is 1.02. The van der Waals surface area contributed by atoms with Crippen molar-refractivity contribution in [1.29, 1.82) is 0 Å². The van der Waals surface area contributed by atoms with Crippen molar-refractivity contribution < 1.29 is 10.2 Å². The zero-order valence-electron chi connectivity index (χ0n) is 8.24. The molecule has 0 aliphatic carbocycles. The van der Waals surface area contributed by atoms with Gasteiger partial charge in [-0.05, 0) is 6.92 Å². The first kappa shape index (κ1) is 12.0. The Morgan fingerprint density at radius 2 is 2.07 bits per heavy atom. The van der Waals surface area contributed by atoms with Gasteiger partial charge in [0, 0.05) is 0 Å². The number of anilines is 2. The van der Waals surface area contributed by atoms with Crippen LogP contribution in [0.15, 0.2) is 6.33 Å². The molecule has 7 heteroatoms. The van der Waals surface area contributed by atoms with Gasteiger partial charge in [-0.3, -0.25) is 0 Å². The maximum Gasteiger partial charge on any atom is 0.157 e. The Morgan fingerprint density at radius 1 is 1.47 bits per heavy atom. The van der Waals surface area contributed by atoms with Crippen LogP contribution in [0.1, 0.15) is 6.92 Å². The van der Waals surface area contributed by atoms with Crippen molar-refractivity contribution in [1.82, 2.24) is 9.97 Å². The summed E-state index contributed by atoms with van der Waals surface area (Å²) in [6, 6.07) is 0. The van der Waals surface area contributed by atoms with E-state index in [1.165, 1.54) is 6.33 Å². The second-order valence-corrected chi connectivity index (χ2v) is 3.79. The Labute approximate surface area is 92.1 Å². The van der Waals surface area contributed by atoms with Gasteiger partial charge in [0.25, 0.3) is 0 Å². The molecule has 1 aromatic rings. The molecule has 0 fully saturated rings. The Balaban J connectivity index is 2.94. The van der Waals surface area contributed by atoms with Crippen LogP contribution in [0.5, 0.6) is 0 Å². The lowest BCUT2D eigenvalue weighted by Gasteiger charge is -2.27. The fraction of sp³-hybridized carbons (Fsp3) is 0.500. The summed E-state index contributed by atoms with van der Waals surface area (Å²) in [5, 5.41) is 21.1. The molecule has 6 nitrogen and oxygen atoms in total. The Bertz CT molecular complexity index is 343. The number of nitrogens with one attached hydrogen (secondary N) is 1. The number of nitrogens with two attached hydrogens (primary N) is 1. The van der Waals surface area contributed by atoms with E-state index in [1.54, 1.807) is 6.92 Å². The highest BCUT2D eigenvalue weighted by molar-refractivity contribution is 6.32. The van der Waals surface area contributed by atoms with E-state index in [-0.39, 0.29) is 24.1 Å². The van der Waals surface area contributed by atoms with E-state index in [0.29, 0.717) is 5.82 Å². The molecular weight excluding hydrogens is 220 g/mol. The zero-order valence-corrected chi connectivity index (χ0v) is 8.99. The average Bonchev–Trinajstić information content (AvgIpc) is 2.25. The highest BCUT2D eigenvalue weighted by Crippen LogP contribution is 2.24. The lowest BCUT2D eigenvalue weighted by atomic mass is 10.1. The van der Waals surface area contributed by atoms with Crippen molar-refractivity contribution in [3.8, 4) is 0 Å². The molecule has 1 aromatic heterocycles. The smallest absolute Gasteiger partial charge is 0.157 e. The molecule has 0 radical (unpaired) electrons. The number of aromatic nitrogens is 2. The SMILES string of the molecule is CC(CO)(CO)Nc1ncnc(Cl)c1N. The molecule has 0 atom stereocenters. The van der Waals surface area contributed by atoms with Crippen molar-refractivity contribution in [2.45, 2.75) is 12.5 Å². The van der Waals surface area contributed by atoms with Crippen LogP contribution in [-0.2, 0) is 0 Å². The van der Waals surface area contributed by atoms with Gasteiger partial charge in [-0.1, -0.05) is 11.6 Å². The van der Waals surface area contributed by atoms with Crippen molar-refractivity contribution >= 4 is 23.1 Å². The summed E-state index contributed by atoms with van der Waals surface area (Å²) in [6.45, 7) is 1.11. The number of hydrogen-bond donors (Lipinski definition) is 4. The Morgan fingerprint density at radius 3 is 2.60 bits per heavy atom. The van der Waals surface area contributed by atoms with Gasteiger partial charge in [0.2, 0.25) is 0 Å². The summed E-state index contributed by atoms with van der Waals surface area (Å²) in [5.41, 5.74) is 4.91. The normalized spacial score (nSPS) is 11.5. The molecule has 0 bridgehead atoms. The zero-order chi connectivity index (χ0) is 11.5. The van der Waals surface area contributed by atoms with Crippen LogP contribution < -0.4 is 11.1 Å². The first-order chi connectivity index (χ1) is 7.02. The van der Waals surface area contributed by atoms with Crippen LogP contribution in [0.4, 0.5) is 11.5 Å². The number of nitrogen functional groups attached to an aromatic ring is 1. The first-order valence-corrected chi connectivity index (χ1v) is 4.66. The van der Waals surface area contributed by atoms with Crippen LogP contribution in [0.25, 0.3) is 0 Å². The lowest BCUT2D eigenvalue weighted by molar-refractivity contribution is 0.147. The summed E-state index contributed by atoms with van der Waals surface area (Å²) in [6.07, 6.45) is 1.25. The van der Waals surface area contributed by atoms with Gasteiger partial charge in [-0.15, -0.1) is 0 Å². The van der Waals surface area contributed by atoms with Crippen LogP contribution in [0, 0.1) is 0 Å². The van der Waals surface area contributed by atoms with Gasteiger partial charge in [0.1, 0.15) is 12.0 Å². The minimum absolute atomic E-state index is 0.130. The summed E-state index contributed by atoms with van der Waals surface area (Å²) in [5.74, 6) is 0.292.